The SMILES string of the molecule is CNC(=O)C1=CC(C(N)=O)(C2[C@H]3COC[C@@H]23)N([C@@H](C)c2cccc(Cl)c2)N1. The number of nitrogens with one attached hydrogen (secondary N) is 2. The molecule has 1 aromatic rings. The van der Waals surface area contributed by atoms with Gasteiger partial charge >= 0.3 is 0 Å². The molecule has 0 radical (unpaired) electrons. The summed E-state index contributed by atoms with van der Waals surface area (Å²) in [5, 5.41) is 5.03. The van der Waals surface area contributed by atoms with Crippen LogP contribution in [0.5, 0.6) is 0 Å². The maximum Gasteiger partial charge on any atom is 0.268 e. The van der Waals surface area contributed by atoms with E-state index in [-0.39, 0.29) is 29.7 Å². The summed E-state index contributed by atoms with van der Waals surface area (Å²) in [5.74, 6) is -0.201. The molecule has 3 aliphatic rings. The third-order valence-electron chi connectivity index (χ3n) is 6.05. The Labute approximate surface area is 162 Å². The van der Waals surface area contributed by atoms with Crippen molar-refractivity contribution in [1.29, 1.82) is 0 Å². The highest BCUT2D eigenvalue weighted by atomic mass is 35.5. The quantitative estimate of drug-likeness (QED) is 0.696. The molecule has 8 heteroatoms. The van der Waals surface area contributed by atoms with Gasteiger partial charge in [-0.15, -0.1) is 0 Å². The zero-order valence-corrected chi connectivity index (χ0v) is 16.0. The number of fused-ring (bicyclic) bond motifs is 1. The molecule has 2 fully saturated rings. The maximum atomic E-state index is 12.8. The number of likely N-dealkylation sites (N-methyl/N-ethyl adjacent to an activating group) is 1. The second kappa shape index (κ2) is 6.51. The summed E-state index contributed by atoms with van der Waals surface area (Å²) in [5.41, 5.74) is 9.25. The lowest BCUT2D eigenvalue weighted by molar-refractivity contribution is -0.132. The van der Waals surface area contributed by atoms with E-state index in [2.05, 4.69) is 10.7 Å². The predicted octanol–water partition coefficient (Wildman–Crippen LogP) is 0.968. The van der Waals surface area contributed by atoms with Gasteiger partial charge in [-0.25, -0.2) is 0 Å². The van der Waals surface area contributed by atoms with Crippen molar-refractivity contribution in [3.05, 3.63) is 46.6 Å². The van der Waals surface area contributed by atoms with E-state index in [0.29, 0.717) is 23.9 Å². The van der Waals surface area contributed by atoms with E-state index < -0.39 is 11.4 Å². The summed E-state index contributed by atoms with van der Waals surface area (Å²) >= 11 is 6.16. The molecule has 5 atom stereocenters. The molecule has 0 bridgehead atoms. The highest BCUT2D eigenvalue weighted by molar-refractivity contribution is 6.30. The maximum absolute atomic E-state index is 12.8. The summed E-state index contributed by atoms with van der Waals surface area (Å²) < 4.78 is 5.50. The normalized spacial score (nSPS) is 33.0. The number of hydrogen-bond acceptors (Lipinski definition) is 5. The summed E-state index contributed by atoms with van der Waals surface area (Å²) in [4.78, 5) is 25.1. The van der Waals surface area contributed by atoms with E-state index in [1.54, 1.807) is 19.2 Å². The van der Waals surface area contributed by atoms with E-state index in [9.17, 15) is 9.59 Å². The fraction of sp³-hybridized carbons (Fsp3) is 0.474. The molecule has 4 rings (SSSR count). The molecule has 0 spiro atoms. The number of ether oxygens (including phenoxy) is 1. The third kappa shape index (κ3) is 2.72. The molecule has 2 amide bonds. The number of primary amides is 1. The summed E-state index contributed by atoms with van der Waals surface area (Å²) in [7, 11) is 1.56. The lowest BCUT2D eigenvalue weighted by Gasteiger charge is -2.40. The van der Waals surface area contributed by atoms with Gasteiger partial charge in [0.1, 0.15) is 11.2 Å². The van der Waals surface area contributed by atoms with Crippen LogP contribution in [0.1, 0.15) is 18.5 Å². The minimum absolute atomic E-state index is 0.0139. The van der Waals surface area contributed by atoms with Crippen LogP contribution in [0.15, 0.2) is 36.0 Å². The standard InChI is InChI=1S/C19H23ClN4O3/c1-10(11-4-3-5-12(20)6-11)24-19(18(21)26,7-15(23-24)17(25)22-2)16-13-8-27-9-14(13)16/h3-7,10,13-14,16,23H,8-9H2,1-2H3,(H2,21,26)(H,22,25)/t10-,13-,14+,16?,19?/m0/s1. The molecular formula is C19H23ClN4O3. The predicted molar refractivity (Wildman–Crippen MR) is 100 cm³/mol. The molecule has 4 N–H and O–H groups in total. The van der Waals surface area contributed by atoms with Crippen LogP contribution in [-0.2, 0) is 14.3 Å². The Morgan fingerprint density at radius 3 is 2.70 bits per heavy atom. The Kier molecular flexibility index (Phi) is 4.41. The first kappa shape index (κ1) is 18.3. The topological polar surface area (TPSA) is 96.7 Å². The number of hydrogen-bond donors (Lipinski definition) is 3. The van der Waals surface area contributed by atoms with Crippen molar-refractivity contribution in [2.45, 2.75) is 18.5 Å². The molecule has 27 heavy (non-hydrogen) atoms. The number of amides is 2. The summed E-state index contributed by atoms with van der Waals surface area (Å²) in [6.45, 7) is 3.20. The molecule has 1 aromatic carbocycles. The van der Waals surface area contributed by atoms with Crippen LogP contribution in [0.3, 0.4) is 0 Å². The van der Waals surface area contributed by atoms with E-state index >= 15 is 0 Å². The monoisotopic (exact) mass is 390 g/mol. The lowest BCUT2D eigenvalue weighted by atomic mass is 9.87. The number of nitrogens with two attached hydrogens (primary N) is 1. The Morgan fingerprint density at radius 1 is 1.41 bits per heavy atom. The van der Waals surface area contributed by atoms with Gasteiger partial charge in [-0.05, 0) is 42.5 Å². The van der Waals surface area contributed by atoms with Gasteiger partial charge in [-0.3, -0.25) is 9.59 Å². The van der Waals surface area contributed by atoms with Crippen molar-refractivity contribution in [2.75, 3.05) is 20.3 Å². The molecule has 1 aliphatic carbocycles. The number of halogens is 1. The molecule has 1 saturated heterocycles. The number of benzene rings is 1. The lowest BCUT2D eigenvalue weighted by Crippen LogP contribution is -2.60. The van der Waals surface area contributed by atoms with E-state index in [0.717, 1.165) is 5.56 Å². The smallest absolute Gasteiger partial charge is 0.268 e. The van der Waals surface area contributed by atoms with Crippen LogP contribution in [0.2, 0.25) is 5.02 Å². The summed E-state index contributed by atoms with van der Waals surface area (Å²) in [6, 6.07) is 7.22. The van der Waals surface area contributed by atoms with Crippen LogP contribution in [-0.4, -0.2) is 42.6 Å². The molecule has 2 aliphatic heterocycles. The van der Waals surface area contributed by atoms with Gasteiger partial charge in [-0.1, -0.05) is 23.7 Å². The number of carbonyl (C=O) groups is 2. The zero-order chi connectivity index (χ0) is 19.3. The zero-order valence-electron chi connectivity index (χ0n) is 15.2. The van der Waals surface area contributed by atoms with Gasteiger partial charge in [0.2, 0.25) is 5.91 Å². The minimum Gasteiger partial charge on any atom is -0.381 e. The largest absolute Gasteiger partial charge is 0.381 e. The second-order valence-electron chi connectivity index (χ2n) is 7.43. The number of rotatable bonds is 5. The Morgan fingerprint density at radius 2 is 2.11 bits per heavy atom. The van der Waals surface area contributed by atoms with Crippen molar-refractivity contribution < 1.29 is 14.3 Å². The number of hydrazine groups is 1. The fourth-order valence-electron chi connectivity index (χ4n) is 4.63. The van der Waals surface area contributed by atoms with Crippen LogP contribution >= 0.6 is 11.6 Å². The van der Waals surface area contributed by atoms with Gasteiger partial charge in [0, 0.05) is 18.0 Å². The highest BCUT2D eigenvalue weighted by Crippen LogP contribution is 2.60. The first-order valence-corrected chi connectivity index (χ1v) is 9.42. The van der Waals surface area contributed by atoms with Gasteiger partial charge in [0.15, 0.2) is 0 Å². The minimum atomic E-state index is -1.09. The molecule has 7 nitrogen and oxygen atoms in total. The van der Waals surface area contributed by atoms with Crippen molar-refractivity contribution >= 4 is 23.4 Å². The molecular weight excluding hydrogens is 368 g/mol. The fourth-order valence-corrected chi connectivity index (χ4v) is 4.83. The van der Waals surface area contributed by atoms with E-state index in [1.807, 2.05) is 30.1 Å². The molecule has 0 aromatic heterocycles. The van der Waals surface area contributed by atoms with Crippen LogP contribution < -0.4 is 16.5 Å². The van der Waals surface area contributed by atoms with Gasteiger partial charge in [0.05, 0.1) is 19.3 Å². The van der Waals surface area contributed by atoms with Crippen LogP contribution in [0.25, 0.3) is 0 Å². The first-order valence-electron chi connectivity index (χ1n) is 9.04. The van der Waals surface area contributed by atoms with Gasteiger partial charge < -0.3 is 21.2 Å². The number of carbonyl (C=O) groups excluding carboxylic acids is 2. The summed E-state index contributed by atoms with van der Waals surface area (Å²) in [6.07, 6.45) is 1.69. The van der Waals surface area contributed by atoms with E-state index in [1.165, 1.54) is 0 Å². The Hall–Kier alpha value is -2.09. The number of nitrogens with zero attached hydrogens (tertiary/aromatic N) is 1. The second-order valence-corrected chi connectivity index (χ2v) is 7.87. The van der Waals surface area contributed by atoms with Gasteiger partial charge in [0.25, 0.3) is 5.91 Å². The average molecular weight is 391 g/mol. The van der Waals surface area contributed by atoms with Crippen molar-refractivity contribution in [3.63, 3.8) is 0 Å². The Balaban J connectivity index is 1.76. The molecule has 1 saturated carbocycles. The van der Waals surface area contributed by atoms with Crippen molar-refractivity contribution in [3.8, 4) is 0 Å². The van der Waals surface area contributed by atoms with Crippen molar-refractivity contribution in [1.82, 2.24) is 15.8 Å². The van der Waals surface area contributed by atoms with Crippen LogP contribution in [0, 0.1) is 17.8 Å². The average Bonchev–Trinajstić information content (AvgIpc) is 3.02. The molecule has 2 unspecified atom stereocenters. The molecule has 144 valence electrons. The van der Waals surface area contributed by atoms with E-state index in [4.69, 9.17) is 22.1 Å². The highest BCUT2D eigenvalue weighted by Gasteiger charge is 2.69. The Bertz CT molecular complexity index is 819. The third-order valence-corrected chi connectivity index (χ3v) is 6.28. The van der Waals surface area contributed by atoms with Gasteiger partial charge in [-0.2, -0.15) is 5.01 Å². The van der Waals surface area contributed by atoms with Crippen molar-refractivity contribution in [2.24, 2.45) is 23.5 Å². The first-order chi connectivity index (χ1) is 12.9. The molecule has 2 heterocycles. The van der Waals surface area contributed by atoms with Crippen LogP contribution in [0.4, 0.5) is 0 Å².